The number of phenols is 4. The van der Waals surface area contributed by atoms with Crippen LogP contribution in [-0.2, 0) is 18.6 Å². The van der Waals surface area contributed by atoms with E-state index >= 15 is 0 Å². The summed E-state index contributed by atoms with van der Waals surface area (Å²) < 4.78 is 0. The zero-order valence-corrected chi connectivity index (χ0v) is 17.2. The van der Waals surface area contributed by atoms with Gasteiger partial charge in [0.1, 0.15) is 23.0 Å². The monoisotopic (exact) mass is 427 g/mol. The molecule has 0 aliphatic heterocycles. The fourth-order valence-corrected chi connectivity index (χ4v) is 1.71. The van der Waals surface area contributed by atoms with Crippen LogP contribution in [0.1, 0.15) is 0 Å². The summed E-state index contributed by atoms with van der Waals surface area (Å²) in [6.45, 7) is 0. The van der Waals surface area contributed by atoms with Gasteiger partial charge in [-0.25, -0.2) is 0 Å². The van der Waals surface area contributed by atoms with Crippen LogP contribution in [0.5, 0.6) is 23.0 Å². The quantitative estimate of drug-likeness (QED) is 0.296. The molecule has 4 aromatic carbocycles. The minimum atomic E-state index is 0. The second-order valence-corrected chi connectivity index (χ2v) is 5.34. The summed E-state index contributed by atoms with van der Waals surface area (Å²) >= 11 is 0. The first-order valence-electron chi connectivity index (χ1n) is 8.54. The smallest absolute Gasteiger partial charge is 0.115 e. The third kappa shape index (κ3) is 15.4. The Labute approximate surface area is 183 Å². The van der Waals surface area contributed by atoms with Crippen molar-refractivity contribution in [3.8, 4) is 23.0 Å². The molecule has 0 atom stereocenters. The fourth-order valence-electron chi connectivity index (χ4n) is 1.71. The Kier molecular flexibility index (Phi) is 14.9. The van der Waals surface area contributed by atoms with Gasteiger partial charge in [0.25, 0.3) is 0 Å². The Bertz CT molecular complexity index is 693. The summed E-state index contributed by atoms with van der Waals surface area (Å²) in [4.78, 5) is 0. The first kappa shape index (κ1) is 25.7. The predicted molar refractivity (Wildman–Crippen MR) is 112 cm³/mol. The van der Waals surface area contributed by atoms with E-state index in [1.165, 1.54) is 0 Å². The molecule has 4 N–H and O–H groups in total. The van der Waals surface area contributed by atoms with Crippen molar-refractivity contribution in [1.82, 2.24) is 0 Å². The number of aromatic hydroxyl groups is 4. The van der Waals surface area contributed by atoms with Crippen LogP contribution in [0.25, 0.3) is 0 Å². The van der Waals surface area contributed by atoms with Crippen molar-refractivity contribution >= 4 is 0 Å². The SMILES string of the molecule is Oc1ccccc1.Oc1ccccc1.Oc1ccccc1.Oc1ccccc1.[V]. The normalized spacial score (nSPS) is 8.28. The van der Waals surface area contributed by atoms with E-state index in [9.17, 15) is 0 Å². The van der Waals surface area contributed by atoms with Crippen molar-refractivity contribution < 1.29 is 39.0 Å². The number of hydrogen-bond donors (Lipinski definition) is 4. The number of rotatable bonds is 0. The Balaban J connectivity index is 0.000000356. The summed E-state index contributed by atoms with van der Waals surface area (Å²) in [5, 5.41) is 34.5. The predicted octanol–water partition coefficient (Wildman–Crippen LogP) is 5.57. The third-order valence-corrected chi connectivity index (χ3v) is 3.02. The molecule has 0 amide bonds. The van der Waals surface area contributed by atoms with E-state index in [2.05, 4.69) is 0 Å². The molecule has 0 spiro atoms. The van der Waals surface area contributed by atoms with Crippen molar-refractivity contribution in [1.29, 1.82) is 0 Å². The molecule has 149 valence electrons. The average molecular weight is 427 g/mol. The zero-order valence-electron chi connectivity index (χ0n) is 15.8. The first-order chi connectivity index (χ1) is 13.6. The van der Waals surface area contributed by atoms with Crippen molar-refractivity contribution in [2.45, 2.75) is 0 Å². The average Bonchev–Trinajstić information content (AvgIpc) is 2.72. The van der Waals surface area contributed by atoms with E-state index < -0.39 is 0 Å². The van der Waals surface area contributed by atoms with Gasteiger partial charge in [0.2, 0.25) is 0 Å². The standard InChI is InChI=1S/4C6H6O.V/c4*7-6-4-2-1-3-5-6;/h4*1-5,7H;. The zero-order chi connectivity index (χ0) is 20.5. The molecule has 0 aliphatic rings. The molecule has 0 saturated carbocycles. The molecule has 1 radical (unpaired) electrons. The van der Waals surface area contributed by atoms with Gasteiger partial charge in [-0.2, -0.15) is 0 Å². The Morgan fingerprint density at radius 1 is 0.276 bits per heavy atom. The molecule has 0 aromatic heterocycles. The van der Waals surface area contributed by atoms with E-state index in [0.29, 0.717) is 23.0 Å². The van der Waals surface area contributed by atoms with E-state index in [-0.39, 0.29) is 18.6 Å². The molecule has 4 nitrogen and oxygen atoms in total. The van der Waals surface area contributed by atoms with Crippen LogP contribution in [0.4, 0.5) is 0 Å². The molecule has 4 rings (SSSR count). The van der Waals surface area contributed by atoms with Gasteiger partial charge in [0.05, 0.1) is 0 Å². The van der Waals surface area contributed by atoms with Crippen LogP contribution < -0.4 is 0 Å². The number of hydrogen-bond acceptors (Lipinski definition) is 4. The maximum atomic E-state index is 8.63. The van der Waals surface area contributed by atoms with Gasteiger partial charge in [-0.3, -0.25) is 0 Å². The molecule has 29 heavy (non-hydrogen) atoms. The van der Waals surface area contributed by atoms with Crippen LogP contribution in [0.15, 0.2) is 121 Å². The number of benzene rings is 4. The van der Waals surface area contributed by atoms with Crippen LogP contribution in [0.3, 0.4) is 0 Å². The first-order valence-corrected chi connectivity index (χ1v) is 8.54. The van der Waals surface area contributed by atoms with Gasteiger partial charge in [-0.05, 0) is 48.5 Å². The Morgan fingerprint density at radius 2 is 0.414 bits per heavy atom. The summed E-state index contributed by atoms with van der Waals surface area (Å²) in [6, 6.07) is 34.9. The van der Waals surface area contributed by atoms with E-state index in [1.807, 2.05) is 24.3 Å². The van der Waals surface area contributed by atoms with Gasteiger partial charge in [-0.1, -0.05) is 72.8 Å². The second kappa shape index (κ2) is 16.8. The molecule has 0 heterocycles. The van der Waals surface area contributed by atoms with Crippen molar-refractivity contribution in [3.05, 3.63) is 121 Å². The summed E-state index contributed by atoms with van der Waals surface area (Å²) in [6.07, 6.45) is 0. The largest absolute Gasteiger partial charge is 0.508 e. The van der Waals surface area contributed by atoms with Crippen molar-refractivity contribution in [2.24, 2.45) is 0 Å². The molecule has 0 fully saturated rings. The third-order valence-electron chi connectivity index (χ3n) is 3.02. The number of para-hydroxylation sites is 4. The fraction of sp³-hybridized carbons (Fsp3) is 0. The van der Waals surface area contributed by atoms with Crippen LogP contribution in [-0.4, -0.2) is 20.4 Å². The van der Waals surface area contributed by atoms with Gasteiger partial charge in [0, 0.05) is 18.6 Å². The van der Waals surface area contributed by atoms with Gasteiger partial charge in [0.15, 0.2) is 0 Å². The molecular formula is C24H24O4V. The van der Waals surface area contributed by atoms with Crippen molar-refractivity contribution in [2.75, 3.05) is 0 Å². The minimum Gasteiger partial charge on any atom is -0.508 e. The molecule has 5 heteroatoms. The second-order valence-electron chi connectivity index (χ2n) is 5.34. The number of phenolic OH excluding ortho intramolecular Hbond substituents is 4. The molecule has 0 bridgehead atoms. The van der Waals surface area contributed by atoms with Crippen LogP contribution in [0.2, 0.25) is 0 Å². The van der Waals surface area contributed by atoms with Gasteiger partial charge >= 0.3 is 0 Å². The topological polar surface area (TPSA) is 80.9 Å². The summed E-state index contributed by atoms with van der Waals surface area (Å²) in [5.41, 5.74) is 0. The molecule has 0 unspecified atom stereocenters. The Hall–Kier alpha value is -3.34. The maximum absolute atomic E-state index is 8.63. The van der Waals surface area contributed by atoms with E-state index in [4.69, 9.17) is 20.4 Å². The molecule has 4 aromatic rings. The molecular weight excluding hydrogens is 403 g/mol. The van der Waals surface area contributed by atoms with Gasteiger partial charge in [-0.15, -0.1) is 0 Å². The van der Waals surface area contributed by atoms with E-state index in [1.54, 1.807) is 97.1 Å². The van der Waals surface area contributed by atoms with Crippen LogP contribution in [0, 0.1) is 0 Å². The van der Waals surface area contributed by atoms with Crippen molar-refractivity contribution in [3.63, 3.8) is 0 Å². The molecule has 0 aliphatic carbocycles. The summed E-state index contributed by atoms with van der Waals surface area (Å²) in [5.74, 6) is 1.29. The van der Waals surface area contributed by atoms with E-state index in [0.717, 1.165) is 0 Å². The minimum absolute atomic E-state index is 0. The summed E-state index contributed by atoms with van der Waals surface area (Å²) in [7, 11) is 0. The molecule has 0 saturated heterocycles. The van der Waals surface area contributed by atoms with Crippen LogP contribution >= 0.6 is 0 Å². The van der Waals surface area contributed by atoms with Gasteiger partial charge < -0.3 is 20.4 Å². The maximum Gasteiger partial charge on any atom is 0.115 e. The Morgan fingerprint density at radius 3 is 0.483 bits per heavy atom.